The maximum Gasteiger partial charge on any atom is 0.0534 e. The van der Waals surface area contributed by atoms with E-state index in [2.05, 4.69) is 46.1 Å². The van der Waals surface area contributed by atoms with Crippen LogP contribution in [0.15, 0.2) is 12.4 Å². The van der Waals surface area contributed by atoms with Gasteiger partial charge in [-0.05, 0) is 30.7 Å². The van der Waals surface area contributed by atoms with Gasteiger partial charge in [-0.25, -0.2) is 0 Å². The predicted molar refractivity (Wildman–Crippen MR) is 67.7 cm³/mol. The Balaban J connectivity index is 2.12. The van der Waals surface area contributed by atoms with Gasteiger partial charge in [0.05, 0.1) is 6.20 Å². The highest BCUT2D eigenvalue weighted by atomic mass is 127. The third-order valence-corrected chi connectivity index (χ3v) is 2.84. The normalized spacial score (nSPS) is 10.7. The first-order chi connectivity index (χ1) is 6.86. The van der Waals surface area contributed by atoms with E-state index in [1.54, 1.807) is 0 Å². The Kier molecular flexibility index (Phi) is 6.18. The number of hydrogen-bond donors (Lipinski definition) is 1. The SMILES string of the molecule is CCn1cc(CNCCCCI)cn1. The van der Waals surface area contributed by atoms with Crippen molar-refractivity contribution < 1.29 is 0 Å². The van der Waals surface area contributed by atoms with E-state index in [9.17, 15) is 0 Å². The summed E-state index contributed by atoms with van der Waals surface area (Å²) in [5.41, 5.74) is 1.28. The lowest BCUT2D eigenvalue weighted by Gasteiger charge is -2.00. The standard InChI is InChI=1S/C10H18IN3/c1-2-14-9-10(8-13-14)7-12-6-4-3-5-11/h8-9,12H,2-7H2,1H3. The van der Waals surface area contributed by atoms with E-state index >= 15 is 0 Å². The number of unbranched alkanes of at least 4 members (excludes halogenated alkanes) is 1. The van der Waals surface area contributed by atoms with Crippen molar-refractivity contribution in [3.05, 3.63) is 18.0 Å². The molecule has 4 heteroatoms. The lowest BCUT2D eigenvalue weighted by molar-refractivity contribution is 0.640. The van der Waals surface area contributed by atoms with Crippen molar-refractivity contribution >= 4 is 22.6 Å². The Labute approximate surface area is 99.4 Å². The van der Waals surface area contributed by atoms with Gasteiger partial charge in [-0.2, -0.15) is 5.10 Å². The van der Waals surface area contributed by atoms with Crippen LogP contribution in [0.25, 0.3) is 0 Å². The summed E-state index contributed by atoms with van der Waals surface area (Å²) in [7, 11) is 0. The van der Waals surface area contributed by atoms with Crippen LogP contribution < -0.4 is 5.32 Å². The molecule has 0 spiro atoms. The average molecular weight is 307 g/mol. The highest BCUT2D eigenvalue weighted by Crippen LogP contribution is 1.97. The van der Waals surface area contributed by atoms with Gasteiger partial charge in [0.1, 0.15) is 0 Å². The number of halogens is 1. The van der Waals surface area contributed by atoms with Gasteiger partial charge in [0.25, 0.3) is 0 Å². The van der Waals surface area contributed by atoms with Crippen LogP contribution in [0, 0.1) is 0 Å². The van der Waals surface area contributed by atoms with Gasteiger partial charge in [0, 0.05) is 24.8 Å². The quantitative estimate of drug-likeness (QED) is 0.475. The molecular weight excluding hydrogens is 289 g/mol. The number of nitrogens with zero attached hydrogens (tertiary/aromatic N) is 2. The van der Waals surface area contributed by atoms with Gasteiger partial charge in [0.15, 0.2) is 0 Å². The molecule has 0 aliphatic rings. The van der Waals surface area contributed by atoms with Gasteiger partial charge >= 0.3 is 0 Å². The minimum absolute atomic E-state index is 0.946. The Morgan fingerprint density at radius 1 is 1.50 bits per heavy atom. The van der Waals surface area contributed by atoms with Crippen molar-refractivity contribution in [1.29, 1.82) is 0 Å². The maximum absolute atomic E-state index is 4.23. The van der Waals surface area contributed by atoms with Gasteiger partial charge < -0.3 is 5.32 Å². The summed E-state index contributed by atoms with van der Waals surface area (Å²) in [6.07, 6.45) is 6.62. The summed E-state index contributed by atoms with van der Waals surface area (Å²) < 4.78 is 3.22. The van der Waals surface area contributed by atoms with Crippen molar-refractivity contribution in [2.24, 2.45) is 0 Å². The molecule has 0 bridgehead atoms. The molecule has 0 aliphatic heterocycles. The Morgan fingerprint density at radius 2 is 2.36 bits per heavy atom. The predicted octanol–water partition coefficient (Wildman–Crippen LogP) is 2.21. The van der Waals surface area contributed by atoms with Crippen LogP contribution in [0.5, 0.6) is 0 Å². The van der Waals surface area contributed by atoms with Crippen molar-refractivity contribution in [1.82, 2.24) is 15.1 Å². The van der Waals surface area contributed by atoms with Crippen molar-refractivity contribution in [2.75, 3.05) is 11.0 Å². The molecule has 1 aromatic rings. The van der Waals surface area contributed by atoms with Crippen molar-refractivity contribution in [3.8, 4) is 0 Å². The monoisotopic (exact) mass is 307 g/mol. The zero-order valence-corrected chi connectivity index (χ0v) is 10.8. The fourth-order valence-corrected chi connectivity index (χ4v) is 1.79. The van der Waals surface area contributed by atoms with E-state index in [1.807, 2.05) is 10.9 Å². The molecule has 0 unspecified atom stereocenters. The second-order valence-corrected chi connectivity index (χ2v) is 4.36. The molecule has 0 atom stereocenters. The molecule has 0 radical (unpaired) electrons. The maximum atomic E-state index is 4.23. The molecule has 1 rings (SSSR count). The van der Waals surface area contributed by atoms with Gasteiger partial charge in [-0.1, -0.05) is 22.6 Å². The fraction of sp³-hybridized carbons (Fsp3) is 0.700. The second-order valence-electron chi connectivity index (χ2n) is 3.28. The molecule has 1 N–H and O–H groups in total. The number of rotatable bonds is 7. The van der Waals surface area contributed by atoms with Crippen LogP contribution in [-0.4, -0.2) is 20.8 Å². The first-order valence-electron chi connectivity index (χ1n) is 5.15. The highest BCUT2D eigenvalue weighted by Gasteiger charge is 1.95. The fourth-order valence-electron chi connectivity index (χ4n) is 1.25. The van der Waals surface area contributed by atoms with Crippen molar-refractivity contribution in [3.63, 3.8) is 0 Å². The molecule has 1 heterocycles. The lowest BCUT2D eigenvalue weighted by atomic mass is 10.3. The highest BCUT2D eigenvalue weighted by molar-refractivity contribution is 14.1. The largest absolute Gasteiger partial charge is 0.313 e. The summed E-state index contributed by atoms with van der Waals surface area (Å²) in [5, 5.41) is 7.64. The molecule has 0 saturated carbocycles. The van der Waals surface area contributed by atoms with Gasteiger partial charge in [-0.15, -0.1) is 0 Å². The van der Waals surface area contributed by atoms with Crippen LogP contribution in [0.3, 0.4) is 0 Å². The zero-order valence-electron chi connectivity index (χ0n) is 8.67. The molecule has 80 valence electrons. The van der Waals surface area contributed by atoms with Crippen LogP contribution in [0.2, 0.25) is 0 Å². The molecule has 1 aromatic heterocycles. The summed E-state index contributed by atoms with van der Waals surface area (Å²) in [6.45, 7) is 5.11. The minimum atomic E-state index is 0.946. The van der Waals surface area contributed by atoms with Crippen molar-refractivity contribution in [2.45, 2.75) is 32.9 Å². The Hall–Kier alpha value is -0.100. The van der Waals surface area contributed by atoms with E-state index in [4.69, 9.17) is 0 Å². The third kappa shape index (κ3) is 4.41. The molecule has 0 fully saturated rings. The Morgan fingerprint density at radius 3 is 3.00 bits per heavy atom. The summed E-state index contributed by atoms with van der Waals surface area (Å²) >= 11 is 2.42. The molecule has 0 aromatic carbocycles. The number of alkyl halides is 1. The first kappa shape index (κ1) is 12.0. The molecule has 0 amide bonds. The Bertz CT molecular complexity index is 247. The summed E-state index contributed by atoms with van der Waals surface area (Å²) in [4.78, 5) is 0. The number of hydrogen-bond acceptors (Lipinski definition) is 2. The van der Waals surface area contributed by atoms with E-state index in [0.29, 0.717) is 0 Å². The smallest absolute Gasteiger partial charge is 0.0534 e. The van der Waals surface area contributed by atoms with E-state index in [0.717, 1.165) is 19.6 Å². The molecule has 3 nitrogen and oxygen atoms in total. The summed E-state index contributed by atoms with van der Waals surface area (Å²) in [6, 6.07) is 0. The lowest BCUT2D eigenvalue weighted by Crippen LogP contribution is -2.14. The zero-order chi connectivity index (χ0) is 10.2. The molecule has 14 heavy (non-hydrogen) atoms. The van der Waals surface area contributed by atoms with Crippen LogP contribution in [-0.2, 0) is 13.1 Å². The third-order valence-electron chi connectivity index (χ3n) is 2.08. The summed E-state index contributed by atoms with van der Waals surface area (Å²) in [5.74, 6) is 0. The molecular formula is C10H18IN3. The van der Waals surface area contributed by atoms with E-state index < -0.39 is 0 Å². The number of nitrogens with one attached hydrogen (secondary N) is 1. The topological polar surface area (TPSA) is 29.9 Å². The average Bonchev–Trinajstić information content (AvgIpc) is 2.65. The van der Waals surface area contributed by atoms with Crippen LogP contribution in [0.4, 0.5) is 0 Å². The number of aryl methyl sites for hydroxylation is 1. The molecule has 0 aliphatic carbocycles. The van der Waals surface area contributed by atoms with E-state index in [-0.39, 0.29) is 0 Å². The van der Waals surface area contributed by atoms with Crippen LogP contribution >= 0.6 is 22.6 Å². The van der Waals surface area contributed by atoms with Gasteiger partial charge in [-0.3, -0.25) is 4.68 Å². The van der Waals surface area contributed by atoms with Gasteiger partial charge in [0.2, 0.25) is 0 Å². The number of aromatic nitrogens is 2. The minimum Gasteiger partial charge on any atom is -0.313 e. The van der Waals surface area contributed by atoms with E-state index in [1.165, 1.54) is 22.8 Å². The molecule has 0 saturated heterocycles. The second kappa shape index (κ2) is 7.23. The van der Waals surface area contributed by atoms with Crippen LogP contribution in [0.1, 0.15) is 25.3 Å². The first-order valence-corrected chi connectivity index (χ1v) is 6.67.